The van der Waals surface area contributed by atoms with Gasteiger partial charge in [-0.25, -0.2) is 19.2 Å². The fourth-order valence-electron chi connectivity index (χ4n) is 6.51. The van der Waals surface area contributed by atoms with E-state index in [-0.39, 0.29) is 29.8 Å². The molecular weight excluding hydrogens is 607 g/mol. The summed E-state index contributed by atoms with van der Waals surface area (Å²) < 4.78 is 31.7. The molecule has 2 aromatic heterocycles. The monoisotopic (exact) mass is 650 g/mol. The summed E-state index contributed by atoms with van der Waals surface area (Å²) in [6.45, 7) is 10.1. The molecule has 3 saturated heterocycles. The van der Waals surface area contributed by atoms with Gasteiger partial charge in [0.05, 0.1) is 11.6 Å². The standard InChI is InChI=1S/C33H43FN8O5/c1-20-8-9-25(34)23(15-20)24-18-42(19-26(24)37-32(44)46-33(2,3)4)30-35-16-21(17-36-30)29(43)40(5)22-10-12-41(13-11-22)31-38-28(39-47-31)27-7-6-14-45-27/h8-9,15-17,22,24,26-27H,6-7,10-14,18-19H2,1-5H3,(H,37,44). The van der Waals surface area contributed by atoms with Gasteiger partial charge in [0, 0.05) is 64.2 Å². The van der Waals surface area contributed by atoms with E-state index >= 15 is 4.39 Å². The van der Waals surface area contributed by atoms with E-state index in [0.29, 0.717) is 55.1 Å². The molecule has 3 fully saturated rings. The second-order valence-corrected chi connectivity index (χ2v) is 13.6. The van der Waals surface area contributed by atoms with Crippen LogP contribution in [0.2, 0.25) is 0 Å². The second-order valence-electron chi connectivity index (χ2n) is 13.6. The van der Waals surface area contributed by atoms with E-state index in [2.05, 4.69) is 30.3 Å². The Hall–Kier alpha value is -4.33. The number of anilines is 2. The number of nitrogens with zero attached hydrogens (tertiary/aromatic N) is 7. The van der Waals surface area contributed by atoms with Gasteiger partial charge in [-0.3, -0.25) is 4.79 Å². The number of hydrogen-bond donors (Lipinski definition) is 1. The van der Waals surface area contributed by atoms with Crippen molar-refractivity contribution >= 4 is 24.0 Å². The second kappa shape index (κ2) is 13.4. The average molecular weight is 651 g/mol. The molecule has 0 saturated carbocycles. The highest BCUT2D eigenvalue weighted by molar-refractivity contribution is 5.93. The molecule has 3 atom stereocenters. The third-order valence-corrected chi connectivity index (χ3v) is 8.99. The van der Waals surface area contributed by atoms with Crippen LogP contribution in [0.15, 0.2) is 35.1 Å². The lowest BCUT2D eigenvalue weighted by Crippen LogP contribution is -2.45. The zero-order valence-corrected chi connectivity index (χ0v) is 27.6. The van der Waals surface area contributed by atoms with Gasteiger partial charge in [0.1, 0.15) is 17.5 Å². The topological polar surface area (TPSA) is 139 Å². The molecule has 3 aliphatic heterocycles. The van der Waals surface area contributed by atoms with E-state index in [0.717, 1.165) is 37.9 Å². The molecule has 3 aliphatic rings. The minimum atomic E-state index is -0.676. The quantitative estimate of drug-likeness (QED) is 0.389. The van der Waals surface area contributed by atoms with Crippen LogP contribution in [0.5, 0.6) is 0 Å². The van der Waals surface area contributed by atoms with Gasteiger partial charge in [0.25, 0.3) is 5.91 Å². The highest BCUT2D eigenvalue weighted by Gasteiger charge is 2.38. The Morgan fingerprint density at radius 2 is 1.83 bits per heavy atom. The number of piperidine rings is 1. The van der Waals surface area contributed by atoms with Crippen LogP contribution in [0, 0.1) is 12.7 Å². The third kappa shape index (κ3) is 7.47. The van der Waals surface area contributed by atoms with Crippen LogP contribution in [0.25, 0.3) is 0 Å². The lowest BCUT2D eigenvalue weighted by molar-refractivity contribution is 0.0504. The van der Waals surface area contributed by atoms with Crippen LogP contribution in [0.1, 0.15) is 85.8 Å². The SMILES string of the molecule is Cc1ccc(F)c(C2CN(c3ncc(C(=O)N(C)C4CCN(c5nc(C6CCCO6)no5)CC4)cn3)CC2NC(=O)OC(C)(C)C)c1. The number of alkyl carbamates (subject to hydrolysis) is 1. The van der Waals surface area contributed by atoms with Crippen molar-refractivity contribution in [3.63, 3.8) is 0 Å². The Balaban J connectivity index is 1.08. The number of aromatic nitrogens is 4. The number of aryl methyl sites for hydroxylation is 1. The third-order valence-electron chi connectivity index (χ3n) is 8.99. The molecule has 5 heterocycles. The predicted molar refractivity (Wildman–Crippen MR) is 171 cm³/mol. The molecule has 0 bridgehead atoms. The molecule has 252 valence electrons. The average Bonchev–Trinajstić information content (AvgIpc) is 3.82. The van der Waals surface area contributed by atoms with E-state index in [1.165, 1.54) is 18.5 Å². The number of benzene rings is 1. The van der Waals surface area contributed by atoms with Gasteiger partial charge in [-0.1, -0.05) is 22.9 Å². The number of ether oxygens (including phenoxy) is 2. The predicted octanol–water partition coefficient (Wildman–Crippen LogP) is 4.40. The van der Waals surface area contributed by atoms with E-state index in [9.17, 15) is 9.59 Å². The zero-order valence-electron chi connectivity index (χ0n) is 27.6. The first-order chi connectivity index (χ1) is 22.4. The highest BCUT2D eigenvalue weighted by atomic mass is 19.1. The minimum Gasteiger partial charge on any atom is -0.444 e. The largest absolute Gasteiger partial charge is 0.444 e. The molecule has 14 heteroatoms. The fraction of sp³-hybridized carbons (Fsp3) is 0.576. The summed E-state index contributed by atoms with van der Waals surface area (Å²) in [5.41, 5.74) is 1.13. The normalized spacial score (nSPS) is 22.0. The van der Waals surface area contributed by atoms with Crippen molar-refractivity contribution in [2.75, 3.05) is 49.6 Å². The molecule has 3 unspecified atom stereocenters. The summed E-state index contributed by atoms with van der Waals surface area (Å²) >= 11 is 0. The van der Waals surface area contributed by atoms with Crippen LogP contribution in [0.4, 0.5) is 21.1 Å². The van der Waals surface area contributed by atoms with Crippen LogP contribution in [-0.2, 0) is 9.47 Å². The van der Waals surface area contributed by atoms with Crippen molar-refractivity contribution in [1.82, 2.24) is 30.3 Å². The first kappa shape index (κ1) is 32.6. The van der Waals surface area contributed by atoms with E-state index in [1.54, 1.807) is 44.9 Å². The molecule has 6 rings (SSSR count). The summed E-state index contributed by atoms with van der Waals surface area (Å²) in [5, 5.41) is 7.04. The van der Waals surface area contributed by atoms with Gasteiger partial charge >= 0.3 is 12.1 Å². The van der Waals surface area contributed by atoms with Crippen molar-refractivity contribution in [2.45, 2.75) is 83.1 Å². The minimum absolute atomic E-state index is 0.0298. The van der Waals surface area contributed by atoms with Gasteiger partial charge in [0.2, 0.25) is 11.8 Å². The lowest BCUT2D eigenvalue weighted by Gasteiger charge is -2.35. The Kier molecular flexibility index (Phi) is 9.31. The first-order valence-corrected chi connectivity index (χ1v) is 16.2. The molecule has 3 aromatic rings. The maximum atomic E-state index is 15.0. The Morgan fingerprint density at radius 3 is 2.51 bits per heavy atom. The number of halogens is 1. The van der Waals surface area contributed by atoms with Crippen LogP contribution in [0.3, 0.4) is 0 Å². The van der Waals surface area contributed by atoms with Crippen molar-refractivity contribution in [1.29, 1.82) is 0 Å². The van der Waals surface area contributed by atoms with Crippen molar-refractivity contribution in [3.8, 4) is 0 Å². The molecule has 1 N–H and O–H groups in total. The molecule has 13 nitrogen and oxygen atoms in total. The lowest BCUT2D eigenvalue weighted by atomic mass is 9.92. The highest BCUT2D eigenvalue weighted by Crippen LogP contribution is 2.33. The smallest absolute Gasteiger partial charge is 0.407 e. The van der Waals surface area contributed by atoms with Crippen LogP contribution in [-0.4, -0.2) is 94.5 Å². The van der Waals surface area contributed by atoms with Crippen LogP contribution < -0.4 is 15.1 Å². The molecule has 2 amide bonds. The van der Waals surface area contributed by atoms with Gasteiger partial charge in [-0.15, -0.1) is 0 Å². The first-order valence-electron chi connectivity index (χ1n) is 16.2. The number of rotatable bonds is 7. The number of carbonyl (C=O) groups excluding carboxylic acids is 2. The summed E-state index contributed by atoms with van der Waals surface area (Å²) in [7, 11) is 1.80. The van der Waals surface area contributed by atoms with E-state index in [4.69, 9.17) is 14.0 Å². The molecule has 0 spiro atoms. The van der Waals surface area contributed by atoms with E-state index in [1.807, 2.05) is 11.8 Å². The van der Waals surface area contributed by atoms with Gasteiger partial charge in [0.15, 0.2) is 0 Å². The molecular formula is C33H43FN8O5. The number of hydrogen-bond acceptors (Lipinski definition) is 11. The number of nitrogens with one attached hydrogen (secondary N) is 1. The number of carbonyl (C=O) groups is 2. The Bertz CT molecular complexity index is 1560. The van der Waals surface area contributed by atoms with E-state index < -0.39 is 17.7 Å². The maximum absolute atomic E-state index is 15.0. The molecule has 1 aromatic carbocycles. The summed E-state index contributed by atoms with van der Waals surface area (Å²) in [6, 6.07) is 5.05. The molecule has 47 heavy (non-hydrogen) atoms. The maximum Gasteiger partial charge on any atom is 0.407 e. The number of amides is 2. The summed E-state index contributed by atoms with van der Waals surface area (Å²) in [5.74, 6) is 0.121. The summed E-state index contributed by atoms with van der Waals surface area (Å²) in [4.78, 5) is 45.4. The van der Waals surface area contributed by atoms with Gasteiger partial charge in [-0.2, -0.15) is 4.98 Å². The zero-order chi connectivity index (χ0) is 33.3. The van der Waals surface area contributed by atoms with Crippen molar-refractivity contribution in [3.05, 3.63) is 58.9 Å². The van der Waals surface area contributed by atoms with Crippen molar-refractivity contribution < 1.29 is 28.0 Å². The van der Waals surface area contributed by atoms with Gasteiger partial charge < -0.3 is 34.0 Å². The fourth-order valence-corrected chi connectivity index (χ4v) is 6.51. The Morgan fingerprint density at radius 1 is 1.09 bits per heavy atom. The summed E-state index contributed by atoms with van der Waals surface area (Å²) in [6.07, 6.45) is 5.77. The van der Waals surface area contributed by atoms with Crippen LogP contribution >= 0.6 is 0 Å². The van der Waals surface area contributed by atoms with Gasteiger partial charge in [-0.05, 0) is 65.0 Å². The van der Waals surface area contributed by atoms with Crippen molar-refractivity contribution in [2.24, 2.45) is 0 Å². The molecule has 0 aliphatic carbocycles. The molecule has 0 radical (unpaired) electrons. The Labute approximate surface area is 273 Å².